The van der Waals surface area contributed by atoms with E-state index in [0.29, 0.717) is 34.1 Å². The minimum absolute atomic E-state index is 0.141. The Bertz CT molecular complexity index is 1280. The largest absolute Gasteiger partial charge is 0.317 e. The van der Waals surface area contributed by atoms with Gasteiger partial charge in [0.2, 0.25) is 0 Å². The molecule has 2 aliphatic rings. The highest BCUT2D eigenvalue weighted by molar-refractivity contribution is 7.99. The number of nitro groups is 1. The summed E-state index contributed by atoms with van der Waals surface area (Å²) in [4.78, 5) is 32.9. The number of fused-ring (bicyclic) bond motifs is 1. The predicted molar refractivity (Wildman–Crippen MR) is 135 cm³/mol. The Labute approximate surface area is 206 Å². The maximum atomic E-state index is 15.1. The first-order valence-electron chi connectivity index (χ1n) is 12.0. The highest BCUT2D eigenvalue weighted by Crippen LogP contribution is 2.40. The van der Waals surface area contributed by atoms with Crippen LogP contribution >= 0.6 is 11.8 Å². The molecule has 2 aromatic carbocycles. The number of H-pyrrole nitrogens is 1. The molecule has 0 amide bonds. The molecule has 8 nitrogen and oxygen atoms in total. The molecule has 2 saturated heterocycles. The van der Waals surface area contributed by atoms with Crippen LogP contribution in [0.2, 0.25) is 0 Å². The molecular formula is C25H28FN5O3S. The van der Waals surface area contributed by atoms with Crippen molar-refractivity contribution in [2.75, 3.05) is 19.6 Å². The molecule has 10 heteroatoms. The number of para-hydroxylation sites is 1. The molecule has 0 aliphatic carbocycles. The van der Waals surface area contributed by atoms with Gasteiger partial charge in [-0.1, -0.05) is 12.1 Å². The molecule has 184 valence electrons. The second kappa shape index (κ2) is 10.4. The number of rotatable bonds is 6. The van der Waals surface area contributed by atoms with Crippen molar-refractivity contribution in [3.05, 3.63) is 80.1 Å². The summed E-state index contributed by atoms with van der Waals surface area (Å²) in [7, 11) is 0. The van der Waals surface area contributed by atoms with Crippen molar-refractivity contribution in [3.63, 3.8) is 0 Å². The van der Waals surface area contributed by atoms with Crippen LogP contribution in [-0.4, -0.2) is 50.7 Å². The van der Waals surface area contributed by atoms with E-state index in [2.05, 4.69) is 20.2 Å². The Morgan fingerprint density at radius 1 is 1.17 bits per heavy atom. The molecule has 2 unspecified atom stereocenters. The number of thioether (sulfide) groups is 1. The minimum atomic E-state index is -0.561. The number of nitrogens with zero attached hydrogens (tertiary/aromatic N) is 3. The number of nitrogens with one attached hydrogen (secondary N) is 2. The van der Waals surface area contributed by atoms with Crippen molar-refractivity contribution in [3.8, 4) is 0 Å². The first kappa shape index (κ1) is 23.9. The maximum Gasteiger partial charge on any atom is 0.272 e. The van der Waals surface area contributed by atoms with Gasteiger partial charge in [-0.15, -0.1) is 0 Å². The van der Waals surface area contributed by atoms with Crippen LogP contribution in [0.15, 0.2) is 47.3 Å². The molecule has 5 rings (SSSR count). The summed E-state index contributed by atoms with van der Waals surface area (Å²) in [6, 6.07) is 11.5. The minimum Gasteiger partial charge on any atom is -0.317 e. The molecule has 3 aromatic rings. The summed E-state index contributed by atoms with van der Waals surface area (Å²) in [5.41, 5.74) is 0.834. The monoisotopic (exact) mass is 497 g/mol. The Morgan fingerprint density at radius 2 is 1.97 bits per heavy atom. The van der Waals surface area contributed by atoms with Gasteiger partial charge in [-0.3, -0.25) is 19.8 Å². The number of aromatic nitrogens is 2. The van der Waals surface area contributed by atoms with E-state index in [1.54, 1.807) is 23.9 Å². The molecule has 35 heavy (non-hydrogen) atoms. The topological polar surface area (TPSA) is 104 Å². The third kappa shape index (κ3) is 5.24. The van der Waals surface area contributed by atoms with Gasteiger partial charge in [-0.2, -0.15) is 11.8 Å². The number of aromatic amines is 1. The van der Waals surface area contributed by atoms with E-state index in [-0.39, 0.29) is 22.5 Å². The fourth-order valence-corrected chi connectivity index (χ4v) is 6.40. The van der Waals surface area contributed by atoms with Crippen molar-refractivity contribution in [2.24, 2.45) is 0 Å². The number of hydrogen-bond donors (Lipinski definition) is 2. The lowest BCUT2D eigenvalue weighted by molar-refractivity contribution is -0.385. The first-order valence-corrected chi connectivity index (χ1v) is 13.0. The van der Waals surface area contributed by atoms with E-state index in [1.165, 1.54) is 6.07 Å². The number of non-ortho nitro benzene ring substituents is 1. The second-order valence-corrected chi connectivity index (χ2v) is 10.5. The summed E-state index contributed by atoms with van der Waals surface area (Å²) in [6.07, 6.45) is 3.70. The SMILES string of the molecule is O=c1[nH]c(CSC2CCN(C3CCNCC3)C(c3ccc([N+](=O)[O-])cc3F)C2)nc2ccccc12. The van der Waals surface area contributed by atoms with Gasteiger partial charge in [0.1, 0.15) is 11.6 Å². The Morgan fingerprint density at radius 3 is 2.74 bits per heavy atom. The summed E-state index contributed by atoms with van der Waals surface area (Å²) in [5, 5.41) is 15.3. The van der Waals surface area contributed by atoms with Gasteiger partial charge >= 0.3 is 0 Å². The third-order valence-corrected chi connectivity index (χ3v) is 8.38. The highest BCUT2D eigenvalue weighted by atomic mass is 32.2. The van der Waals surface area contributed by atoms with Crippen molar-refractivity contribution in [1.82, 2.24) is 20.2 Å². The molecule has 2 atom stereocenters. The molecule has 3 heterocycles. The fourth-order valence-electron chi connectivity index (χ4n) is 5.28. The first-order chi connectivity index (χ1) is 17.0. The lowest BCUT2D eigenvalue weighted by atomic mass is 9.90. The van der Waals surface area contributed by atoms with Crippen LogP contribution in [0.5, 0.6) is 0 Å². The average molecular weight is 498 g/mol. The molecule has 0 spiro atoms. The summed E-state index contributed by atoms with van der Waals surface area (Å²) in [5.74, 6) is 0.681. The molecular weight excluding hydrogens is 469 g/mol. The number of benzene rings is 2. The van der Waals surface area contributed by atoms with E-state index in [4.69, 9.17) is 0 Å². The maximum absolute atomic E-state index is 15.1. The predicted octanol–water partition coefficient (Wildman–Crippen LogP) is 4.16. The van der Waals surface area contributed by atoms with Gasteiger partial charge in [-0.25, -0.2) is 9.37 Å². The van der Waals surface area contributed by atoms with E-state index in [0.717, 1.165) is 51.4 Å². The van der Waals surface area contributed by atoms with Crippen molar-refractivity contribution >= 4 is 28.4 Å². The van der Waals surface area contributed by atoms with Gasteiger partial charge in [0.15, 0.2) is 0 Å². The molecule has 2 aliphatic heterocycles. The second-order valence-electron chi connectivity index (χ2n) is 9.18. The van der Waals surface area contributed by atoms with Crippen molar-refractivity contribution in [2.45, 2.75) is 48.8 Å². The van der Waals surface area contributed by atoms with E-state index >= 15 is 4.39 Å². The van der Waals surface area contributed by atoms with E-state index < -0.39 is 10.7 Å². The van der Waals surface area contributed by atoms with Gasteiger partial charge in [-0.05, 0) is 57.0 Å². The van der Waals surface area contributed by atoms with Crippen molar-refractivity contribution < 1.29 is 9.31 Å². The van der Waals surface area contributed by atoms with Crippen LogP contribution in [-0.2, 0) is 5.75 Å². The quantitative estimate of drug-likeness (QED) is 0.389. The van der Waals surface area contributed by atoms with Crippen molar-refractivity contribution in [1.29, 1.82) is 0 Å². The zero-order valence-corrected chi connectivity index (χ0v) is 20.1. The van der Waals surface area contributed by atoms with Crippen LogP contribution in [0.25, 0.3) is 10.9 Å². The molecule has 0 radical (unpaired) electrons. The average Bonchev–Trinajstić information content (AvgIpc) is 2.88. The Kier molecular flexibility index (Phi) is 7.12. The number of likely N-dealkylation sites (tertiary alicyclic amines) is 1. The number of hydrogen-bond acceptors (Lipinski definition) is 7. The summed E-state index contributed by atoms with van der Waals surface area (Å²) < 4.78 is 15.1. The van der Waals surface area contributed by atoms with Crippen LogP contribution in [0.3, 0.4) is 0 Å². The van der Waals surface area contributed by atoms with Crippen LogP contribution in [0, 0.1) is 15.9 Å². The van der Waals surface area contributed by atoms with Crippen LogP contribution in [0.1, 0.15) is 43.1 Å². The normalized spacial score (nSPS) is 21.9. The molecule has 2 fully saturated rings. The number of piperidine rings is 2. The molecule has 0 saturated carbocycles. The Balaban J connectivity index is 1.35. The zero-order valence-electron chi connectivity index (χ0n) is 19.3. The molecule has 1 aromatic heterocycles. The van der Waals surface area contributed by atoms with Crippen LogP contribution in [0.4, 0.5) is 10.1 Å². The zero-order chi connectivity index (χ0) is 24.4. The van der Waals surface area contributed by atoms with Gasteiger partial charge in [0.25, 0.3) is 11.2 Å². The third-order valence-electron chi connectivity index (χ3n) is 7.04. The summed E-state index contributed by atoms with van der Waals surface area (Å²) >= 11 is 1.73. The highest BCUT2D eigenvalue weighted by Gasteiger charge is 2.36. The molecule has 0 bridgehead atoms. The smallest absolute Gasteiger partial charge is 0.272 e. The van der Waals surface area contributed by atoms with Crippen LogP contribution < -0.4 is 10.9 Å². The number of nitro benzene ring substituents is 1. The van der Waals surface area contributed by atoms with Gasteiger partial charge in [0.05, 0.1) is 27.6 Å². The standard InChI is InChI=1S/C25H28FN5O3S/c26-21-13-17(31(33)34)5-6-19(21)23-14-18(9-12-30(23)16-7-10-27-11-8-16)35-15-24-28-22-4-2-1-3-20(22)25(32)29-24/h1-6,13,16,18,23,27H,7-12,14-15H2,(H,28,29,32). The van der Waals surface area contributed by atoms with E-state index in [9.17, 15) is 14.9 Å². The number of halogens is 1. The fraction of sp³-hybridized carbons (Fsp3) is 0.440. The molecule has 2 N–H and O–H groups in total. The lowest BCUT2D eigenvalue weighted by Gasteiger charge is -2.45. The Hall–Kier alpha value is -2.82. The van der Waals surface area contributed by atoms with E-state index in [1.807, 2.05) is 18.2 Å². The summed E-state index contributed by atoms with van der Waals surface area (Å²) in [6.45, 7) is 2.72. The lowest BCUT2D eigenvalue weighted by Crippen LogP contribution is -2.48. The van der Waals surface area contributed by atoms with Gasteiger partial charge in [0, 0.05) is 35.5 Å². The van der Waals surface area contributed by atoms with Gasteiger partial charge < -0.3 is 10.3 Å².